The van der Waals surface area contributed by atoms with Crippen molar-refractivity contribution in [3.05, 3.63) is 77.3 Å². The molecule has 1 heterocycles. The minimum atomic E-state index is -0.0370. The zero-order valence-electron chi connectivity index (χ0n) is 10.7. The fourth-order valence-corrected chi connectivity index (χ4v) is 2.20. The summed E-state index contributed by atoms with van der Waals surface area (Å²) >= 11 is 0. The Kier molecular flexibility index (Phi) is 2.80. The first-order chi connectivity index (χ1) is 9.27. The van der Waals surface area contributed by atoms with Gasteiger partial charge >= 0.3 is 5.69 Å². The van der Waals surface area contributed by atoms with Gasteiger partial charge in [0.1, 0.15) is 0 Å². The van der Waals surface area contributed by atoms with E-state index >= 15 is 0 Å². The molecule has 0 saturated carbocycles. The van der Waals surface area contributed by atoms with Crippen molar-refractivity contribution in [3.8, 4) is 16.9 Å². The van der Waals surface area contributed by atoms with Crippen molar-refractivity contribution in [2.24, 2.45) is 7.05 Å². The van der Waals surface area contributed by atoms with E-state index in [1.165, 1.54) is 0 Å². The van der Waals surface area contributed by atoms with E-state index in [0.29, 0.717) is 0 Å². The van der Waals surface area contributed by atoms with Crippen LogP contribution in [0.3, 0.4) is 0 Å². The molecular formula is C16H14N2O. The number of imidazole rings is 1. The molecule has 0 fully saturated rings. The maximum atomic E-state index is 12.3. The Bertz CT molecular complexity index is 739. The van der Waals surface area contributed by atoms with Gasteiger partial charge in [-0.2, -0.15) is 0 Å². The van der Waals surface area contributed by atoms with Gasteiger partial charge in [-0.3, -0.25) is 4.57 Å². The molecule has 2 aromatic carbocycles. The van der Waals surface area contributed by atoms with E-state index in [9.17, 15) is 4.79 Å². The molecular weight excluding hydrogens is 236 g/mol. The molecule has 3 rings (SSSR count). The first-order valence-corrected chi connectivity index (χ1v) is 6.16. The van der Waals surface area contributed by atoms with Crippen LogP contribution in [0.25, 0.3) is 16.9 Å². The van der Waals surface area contributed by atoms with Crippen molar-refractivity contribution in [3.63, 3.8) is 0 Å². The second kappa shape index (κ2) is 4.61. The number of aryl methyl sites for hydroxylation is 1. The van der Waals surface area contributed by atoms with Crippen LogP contribution >= 0.6 is 0 Å². The third-order valence-corrected chi connectivity index (χ3v) is 3.13. The Morgan fingerprint density at radius 2 is 1.42 bits per heavy atom. The second-order valence-electron chi connectivity index (χ2n) is 4.44. The fourth-order valence-electron chi connectivity index (χ4n) is 2.20. The lowest BCUT2D eigenvalue weighted by molar-refractivity contribution is 0.824. The van der Waals surface area contributed by atoms with Crippen LogP contribution in [0.4, 0.5) is 0 Å². The number of para-hydroxylation sites is 1. The van der Waals surface area contributed by atoms with Gasteiger partial charge in [-0.25, -0.2) is 4.79 Å². The Labute approximate surface area is 111 Å². The van der Waals surface area contributed by atoms with Crippen LogP contribution in [0.1, 0.15) is 0 Å². The standard InChI is InChI=1S/C16H14N2O/c1-17-12-15(13-8-4-2-5-9-13)18(16(17)19)14-10-6-3-7-11-14/h2-12H,1H3. The third kappa shape index (κ3) is 1.99. The summed E-state index contributed by atoms with van der Waals surface area (Å²) in [5.41, 5.74) is 2.78. The summed E-state index contributed by atoms with van der Waals surface area (Å²) in [6.45, 7) is 0. The predicted octanol–water partition coefficient (Wildman–Crippen LogP) is 2.84. The maximum Gasteiger partial charge on any atom is 0.332 e. The minimum Gasteiger partial charge on any atom is -0.301 e. The normalized spacial score (nSPS) is 10.6. The number of rotatable bonds is 2. The Morgan fingerprint density at radius 3 is 2.05 bits per heavy atom. The average Bonchev–Trinajstić information content (AvgIpc) is 2.77. The zero-order chi connectivity index (χ0) is 13.2. The van der Waals surface area contributed by atoms with Crippen LogP contribution < -0.4 is 5.69 Å². The van der Waals surface area contributed by atoms with Crippen LogP contribution in [0.5, 0.6) is 0 Å². The van der Waals surface area contributed by atoms with Crippen LogP contribution in [-0.2, 0) is 7.05 Å². The lowest BCUT2D eigenvalue weighted by Gasteiger charge is -2.06. The number of hydrogen-bond donors (Lipinski definition) is 0. The minimum absolute atomic E-state index is 0.0370. The molecule has 0 radical (unpaired) electrons. The van der Waals surface area contributed by atoms with Gasteiger partial charge in [-0.05, 0) is 12.1 Å². The van der Waals surface area contributed by atoms with Crippen molar-refractivity contribution in [1.29, 1.82) is 0 Å². The van der Waals surface area contributed by atoms with Crippen molar-refractivity contribution in [2.45, 2.75) is 0 Å². The molecule has 0 aliphatic heterocycles. The van der Waals surface area contributed by atoms with E-state index in [-0.39, 0.29) is 5.69 Å². The number of aromatic nitrogens is 2. The average molecular weight is 250 g/mol. The highest BCUT2D eigenvalue weighted by molar-refractivity contribution is 5.61. The molecule has 3 nitrogen and oxygen atoms in total. The SMILES string of the molecule is Cn1cc(-c2ccccc2)n(-c2ccccc2)c1=O. The van der Waals surface area contributed by atoms with Crippen LogP contribution in [0.2, 0.25) is 0 Å². The Hall–Kier alpha value is -2.55. The Balaban J connectivity index is 2.28. The van der Waals surface area contributed by atoms with Gasteiger partial charge in [0.2, 0.25) is 0 Å². The summed E-state index contributed by atoms with van der Waals surface area (Å²) in [6, 6.07) is 19.6. The van der Waals surface area contributed by atoms with E-state index in [1.807, 2.05) is 66.9 Å². The molecule has 19 heavy (non-hydrogen) atoms. The summed E-state index contributed by atoms with van der Waals surface area (Å²) in [5.74, 6) is 0. The van der Waals surface area contributed by atoms with Gasteiger partial charge in [0, 0.05) is 18.8 Å². The highest BCUT2D eigenvalue weighted by Gasteiger charge is 2.12. The van der Waals surface area contributed by atoms with E-state index in [1.54, 1.807) is 16.2 Å². The van der Waals surface area contributed by atoms with Crippen LogP contribution in [0, 0.1) is 0 Å². The molecule has 0 atom stereocenters. The molecule has 0 N–H and O–H groups in total. The molecule has 0 saturated heterocycles. The molecule has 3 heteroatoms. The predicted molar refractivity (Wildman–Crippen MR) is 76.4 cm³/mol. The summed E-state index contributed by atoms with van der Waals surface area (Å²) in [4.78, 5) is 12.3. The fraction of sp³-hybridized carbons (Fsp3) is 0.0625. The van der Waals surface area contributed by atoms with Gasteiger partial charge in [0.05, 0.1) is 11.4 Å². The first kappa shape index (κ1) is 11.5. The Morgan fingerprint density at radius 1 is 0.842 bits per heavy atom. The number of benzene rings is 2. The highest BCUT2D eigenvalue weighted by atomic mass is 16.1. The second-order valence-corrected chi connectivity index (χ2v) is 4.44. The lowest BCUT2D eigenvalue weighted by Crippen LogP contribution is -2.21. The molecule has 0 spiro atoms. The molecule has 94 valence electrons. The molecule has 0 bridgehead atoms. The molecule has 0 amide bonds. The first-order valence-electron chi connectivity index (χ1n) is 6.16. The number of nitrogens with zero attached hydrogens (tertiary/aromatic N) is 2. The van der Waals surface area contributed by atoms with Crippen LogP contribution in [0.15, 0.2) is 71.7 Å². The van der Waals surface area contributed by atoms with Gasteiger partial charge in [0.15, 0.2) is 0 Å². The van der Waals surface area contributed by atoms with Crippen molar-refractivity contribution >= 4 is 0 Å². The van der Waals surface area contributed by atoms with E-state index in [0.717, 1.165) is 16.9 Å². The van der Waals surface area contributed by atoms with E-state index in [4.69, 9.17) is 0 Å². The summed E-state index contributed by atoms with van der Waals surface area (Å²) in [5, 5.41) is 0. The van der Waals surface area contributed by atoms with Gasteiger partial charge < -0.3 is 4.57 Å². The molecule has 0 aliphatic rings. The van der Waals surface area contributed by atoms with Crippen molar-refractivity contribution in [1.82, 2.24) is 9.13 Å². The zero-order valence-corrected chi connectivity index (χ0v) is 10.7. The highest BCUT2D eigenvalue weighted by Crippen LogP contribution is 2.20. The summed E-state index contributed by atoms with van der Waals surface area (Å²) in [6.07, 6.45) is 1.87. The molecule has 0 aliphatic carbocycles. The largest absolute Gasteiger partial charge is 0.332 e. The van der Waals surface area contributed by atoms with Crippen LogP contribution in [-0.4, -0.2) is 9.13 Å². The lowest BCUT2D eigenvalue weighted by atomic mass is 10.1. The van der Waals surface area contributed by atoms with Crippen molar-refractivity contribution in [2.75, 3.05) is 0 Å². The van der Waals surface area contributed by atoms with Gasteiger partial charge in [-0.15, -0.1) is 0 Å². The molecule has 1 aromatic heterocycles. The summed E-state index contributed by atoms with van der Waals surface area (Å²) in [7, 11) is 1.77. The van der Waals surface area contributed by atoms with Gasteiger partial charge in [-0.1, -0.05) is 48.5 Å². The topological polar surface area (TPSA) is 26.9 Å². The van der Waals surface area contributed by atoms with E-state index < -0.39 is 0 Å². The summed E-state index contributed by atoms with van der Waals surface area (Å²) < 4.78 is 3.34. The maximum absolute atomic E-state index is 12.3. The molecule has 0 unspecified atom stereocenters. The molecule has 3 aromatic rings. The van der Waals surface area contributed by atoms with Gasteiger partial charge in [0.25, 0.3) is 0 Å². The van der Waals surface area contributed by atoms with Crippen molar-refractivity contribution < 1.29 is 0 Å². The monoisotopic (exact) mass is 250 g/mol. The quantitative estimate of drug-likeness (QED) is 0.687. The van der Waals surface area contributed by atoms with E-state index in [2.05, 4.69) is 0 Å². The third-order valence-electron chi connectivity index (χ3n) is 3.13. The number of hydrogen-bond acceptors (Lipinski definition) is 1. The smallest absolute Gasteiger partial charge is 0.301 e.